The number of rotatable bonds is 8. The molecule has 27 heavy (non-hydrogen) atoms. The predicted molar refractivity (Wildman–Crippen MR) is 97.0 cm³/mol. The van der Waals surface area contributed by atoms with Gasteiger partial charge >= 0.3 is 6.61 Å². The number of halogens is 2. The first-order chi connectivity index (χ1) is 12.8. The van der Waals surface area contributed by atoms with E-state index >= 15 is 0 Å². The van der Waals surface area contributed by atoms with Crippen molar-refractivity contribution in [3.05, 3.63) is 58.1 Å². The van der Waals surface area contributed by atoms with Crippen molar-refractivity contribution in [2.75, 3.05) is 10.6 Å². The number of nitrogens with zero attached hydrogens (tertiary/aromatic N) is 1. The maximum Gasteiger partial charge on any atom is 0.387 e. The largest absolute Gasteiger partial charge is 0.432 e. The highest BCUT2D eigenvalue weighted by Crippen LogP contribution is 2.31. The van der Waals surface area contributed by atoms with Crippen molar-refractivity contribution in [3.63, 3.8) is 0 Å². The van der Waals surface area contributed by atoms with Gasteiger partial charge in [0.25, 0.3) is 5.69 Å². The van der Waals surface area contributed by atoms with E-state index in [9.17, 15) is 23.7 Å². The topological polar surface area (TPSA) is 93.5 Å². The molecule has 0 saturated heterocycles. The van der Waals surface area contributed by atoms with Gasteiger partial charge in [0.15, 0.2) is 5.75 Å². The first-order valence-electron chi connectivity index (χ1n) is 8.13. The Bertz CT molecular complexity index is 811. The fraction of sp³-hybridized carbons (Fsp3) is 0.278. The van der Waals surface area contributed by atoms with E-state index in [4.69, 9.17) is 0 Å². The lowest BCUT2D eigenvalue weighted by Gasteiger charge is -2.13. The molecule has 9 heteroatoms. The van der Waals surface area contributed by atoms with Gasteiger partial charge in [-0.15, -0.1) is 0 Å². The first-order valence-corrected chi connectivity index (χ1v) is 8.13. The summed E-state index contributed by atoms with van der Waals surface area (Å²) in [7, 11) is 0. The van der Waals surface area contributed by atoms with Gasteiger partial charge in [-0.05, 0) is 23.8 Å². The summed E-state index contributed by atoms with van der Waals surface area (Å²) in [5, 5.41) is 16.5. The molecule has 0 atom stereocenters. The monoisotopic (exact) mass is 379 g/mol. The number of nitrogens with one attached hydrogen (secondary N) is 2. The van der Waals surface area contributed by atoms with Crippen LogP contribution in [0.1, 0.15) is 19.4 Å². The van der Waals surface area contributed by atoms with Gasteiger partial charge in [0, 0.05) is 24.2 Å². The normalized spacial score (nSPS) is 10.7. The quantitative estimate of drug-likeness (QED) is 0.524. The molecule has 2 N–H and O–H groups in total. The zero-order valence-corrected chi connectivity index (χ0v) is 14.7. The molecule has 0 radical (unpaired) electrons. The van der Waals surface area contributed by atoms with Crippen LogP contribution in [0.5, 0.6) is 5.75 Å². The van der Waals surface area contributed by atoms with Gasteiger partial charge in [-0.25, -0.2) is 0 Å². The summed E-state index contributed by atoms with van der Waals surface area (Å²) in [6.45, 7) is 0.750. The third kappa shape index (κ3) is 5.91. The highest BCUT2D eigenvalue weighted by atomic mass is 19.3. The van der Waals surface area contributed by atoms with E-state index in [0.29, 0.717) is 5.69 Å². The summed E-state index contributed by atoms with van der Waals surface area (Å²) in [6, 6.07) is 10.4. The van der Waals surface area contributed by atoms with Crippen molar-refractivity contribution in [2.45, 2.75) is 27.0 Å². The third-order valence-electron chi connectivity index (χ3n) is 3.62. The second-order valence-corrected chi connectivity index (χ2v) is 6.01. The molecular weight excluding hydrogens is 360 g/mol. The van der Waals surface area contributed by atoms with Crippen LogP contribution in [-0.2, 0) is 11.3 Å². The van der Waals surface area contributed by atoms with Crippen LogP contribution in [-0.4, -0.2) is 17.4 Å². The van der Waals surface area contributed by atoms with Crippen molar-refractivity contribution >= 4 is 23.0 Å². The van der Waals surface area contributed by atoms with E-state index in [2.05, 4.69) is 15.4 Å². The van der Waals surface area contributed by atoms with Crippen LogP contribution in [0.4, 0.5) is 25.8 Å². The van der Waals surface area contributed by atoms with Gasteiger partial charge in [-0.2, -0.15) is 8.78 Å². The first kappa shape index (κ1) is 20.1. The van der Waals surface area contributed by atoms with E-state index in [1.54, 1.807) is 38.1 Å². The van der Waals surface area contributed by atoms with Gasteiger partial charge in [0.05, 0.1) is 16.7 Å². The number of carbonyl (C=O) groups excluding carboxylic acids is 1. The van der Waals surface area contributed by atoms with Crippen LogP contribution < -0.4 is 15.4 Å². The molecule has 0 aliphatic carbocycles. The number of nitro groups is 1. The van der Waals surface area contributed by atoms with Crippen LogP contribution in [0.3, 0.4) is 0 Å². The minimum atomic E-state index is -3.10. The number of hydrogen-bond donors (Lipinski definition) is 2. The molecule has 0 spiro atoms. The maximum absolute atomic E-state index is 12.5. The maximum atomic E-state index is 12.5. The summed E-state index contributed by atoms with van der Waals surface area (Å²) in [5.74, 6) is -0.540. The Morgan fingerprint density at radius 1 is 1.19 bits per heavy atom. The van der Waals surface area contributed by atoms with Gasteiger partial charge in [-0.3, -0.25) is 14.9 Å². The standard InChI is InChI=1S/C18H19F2N3O4/c1-11(2)17(24)22-13-5-3-12(4-6-13)10-21-15-8-7-14(23(25)26)9-16(15)27-18(19)20/h3-9,11,18,21H,10H2,1-2H3,(H,22,24). The lowest BCUT2D eigenvalue weighted by Crippen LogP contribution is -2.17. The lowest BCUT2D eigenvalue weighted by atomic mass is 10.1. The Hall–Kier alpha value is -3.23. The molecule has 0 saturated carbocycles. The molecule has 0 heterocycles. The number of alkyl halides is 2. The van der Waals surface area contributed by atoms with Gasteiger partial charge in [0.2, 0.25) is 5.91 Å². The molecule has 0 aliphatic heterocycles. The summed E-state index contributed by atoms with van der Waals surface area (Å²) in [5.41, 5.74) is 1.33. The van der Waals surface area contributed by atoms with Gasteiger partial charge in [0.1, 0.15) is 0 Å². The molecule has 0 aromatic heterocycles. The van der Waals surface area contributed by atoms with Crippen molar-refractivity contribution in [1.29, 1.82) is 0 Å². The number of non-ortho nitro benzene ring substituents is 1. The van der Waals surface area contributed by atoms with E-state index in [-0.39, 0.29) is 35.5 Å². The van der Waals surface area contributed by atoms with Crippen molar-refractivity contribution in [2.24, 2.45) is 5.92 Å². The zero-order chi connectivity index (χ0) is 20.0. The second-order valence-electron chi connectivity index (χ2n) is 6.01. The predicted octanol–water partition coefficient (Wildman–Crippen LogP) is 4.40. The second kappa shape index (κ2) is 8.93. The number of nitro benzene ring substituents is 1. The third-order valence-corrected chi connectivity index (χ3v) is 3.62. The molecule has 0 fully saturated rings. The average molecular weight is 379 g/mol. The minimum Gasteiger partial charge on any atom is -0.432 e. The number of carbonyl (C=O) groups is 1. The summed E-state index contributed by atoms with van der Waals surface area (Å²) in [4.78, 5) is 21.8. The Morgan fingerprint density at radius 2 is 1.85 bits per heavy atom. The zero-order valence-electron chi connectivity index (χ0n) is 14.7. The fourth-order valence-electron chi connectivity index (χ4n) is 2.15. The highest BCUT2D eigenvalue weighted by molar-refractivity contribution is 5.92. The molecule has 1 amide bonds. The Kier molecular flexibility index (Phi) is 6.64. The van der Waals surface area contributed by atoms with Crippen LogP contribution in [0.15, 0.2) is 42.5 Å². The van der Waals surface area contributed by atoms with Gasteiger partial charge in [-0.1, -0.05) is 26.0 Å². The number of anilines is 2. The Balaban J connectivity index is 2.07. The smallest absolute Gasteiger partial charge is 0.387 e. The SMILES string of the molecule is CC(C)C(=O)Nc1ccc(CNc2ccc([N+](=O)[O-])cc2OC(F)F)cc1. The fourth-order valence-corrected chi connectivity index (χ4v) is 2.15. The molecule has 0 unspecified atom stereocenters. The van der Waals surface area contributed by atoms with Crippen molar-refractivity contribution in [1.82, 2.24) is 0 Å². The lowest BCUT2D eigenvalue weighted by molar-refractivity contribution is -0.385. The minimum absolute atomic E-state index is 0.0967. The molecular formula is C18H19F2N3O4. The highest BCUT2D eigenvalue weighted by Gasteiger charge is 2.15. The summed E-state index contributed by atoms with van der Waals surface area (Å²) >= 11 is 0. The molecule has 144 valence electrons. The Labute approximate surface area is 154 Å². The van der Waals surface area contributed by atoms with E-state index in [1.165, 1.54) is 12.1 Å². The average Bonchev–Trinajstić information content (AvgIpc) is 2.61. The van der Waals surface area contributed by atoms with E-state index in [1.807, 2.05) is 0 Å². The van der Waals surface area contributed by atoms with Crippen molar-refractivity contribution in [3.8, 4) is 5.75 Å². The van der Waals surface area contributed by atoms with Crippen LogP contribution in [0, 0.1) is 16.0 Å². The molecule has 0 aliphatic rings. The molecule has 2 aromatic rings. The molecule has 2 rings (SSSR count). The molecule has 7 nitrogen and oxygen atoms in total. The summed E-state index contributed by atoms with van der Waals surface area (Å²) < 4.78 is 29.5. The van der Waals surface area contributed by atoms with Gasteiger partial charge < -0.3 is 15.4 Å². The number of benzene rings is 2. The van der Waals surface area contributed by atoms with Crippen LogP contribution >= 0.6 is 0 Å². The molecule has 0 bridgehead atoms. The van der Waals surface area contributed by atoms with E-state index < -0.39 is 11.5 Å². The van der Waals surface area contributed by atoms with Crippen LogP contribution in [0.25, 0.3) is 0 Å². The van der Waals surface area contributed by atoms with Crippen LogP contribution in [0.2, 0.25) is 0 Å². The number of amides is 1. The molecule has 2 aromatic carbocycles. The van der Waals surface area contributed by atoms with Crippen molar-refractivity contribution < 1.29 is 23.2 Å². The van der Waals surface area contributed by atoms with E-state index in [0.717, 1.165) is 11.6 Å². The number of hydrogen-bond acceptors (Lipinski definition) is 5. The summed E-state index contributed by atoms with van der Waals surface area (Å²) in [6.07, 6.45) is 0. The Morgan fingerprint density at radius 3 is 2.41 bits per heavy atom. The number of ether oxygens (including phenoxy) is 1.